The molecule has 8 nitrogen and oxygen atoms in total. The molecule has 2 amide bonds. The maximum atomic E-state index is 12.7. The van der Waals surface area contributed by atoms with Crippen molar-refractivity contribution in [1.82, 2.24) is 10.6 Å². The van der Waals surface area contributed by atoms with Gasteiger partial charge in [-0.15, -0.1) is 0 Å². The Morgan fingerprint density at radius 3 is 2.11 bits per heavy atom. The van der Waals surface area contributed by atoms with Gasteiger partial charge in [0.1, 0.15) is 17.7 Å². The van der Waals surface area contributed by atoms with E-state index in [-0.39, 0.29) is 23.9 Å². The number of carbonyl (C=O) groups is 3. The van der Waals surface area contributed by atoms with Crippen LogP contribution in [0.4, 0.5) is 9.59 Å². The molecule has 2 aromatic carbocycles. The number of carbonyl (C=O) groups excluding carboxylic acids is 2. The van der Waals surface area contributed by atoms with Gasteiger partial charge in [-0.1, -0.05) is 48.5 Å². The Morgan fingerprint density at radius 1 is 0.946 bits per heavy atom. The molecule has 3 aliphatic rings. The van der Waals surface area contributed by atoms with Crippen molar-refractivity contribution in [2.24, 2.45) is 11.3 Å². The summed E-state index contributed by atoms with van der Waals surface area (Å²) in [6.45, 7) is 5.73. The molecule has 3 N–H and O–H groups in total. The fourth-order valence-electron chi connectivity index (χ4n) is 6.53. The van der Waals surface area contributed by atoms with Crippen molar-refractivity contribution in [3.05, 3.63) is 59.7 Å². The van der Waals surface area contributed by atoms with E-state index in [9.17, 15) is 19.5 Å². The fourth-order valence-corrected chi connectivity index (χ4v) is 6.53. The molecule has 2 aromatic rings. The predicted octanol–water partition coefficient (Wildman–Crippen LogP) is 5.06. The SMILES string of the molecule is CC(C)(C)OC(=O)NC1(C(=O)O)CC[C@@]2(CNC(=O)OCC3c4ccccc4-c4ccccc43)CC[C@@H]12. The van der Waals surface area contributed by atoms with Gasteiger partial charge >= 0.3 is 18.2 Å². The number of carboxylic acids is 1. The first kappa shape index (κ1) is 25.1. The van der Waals surface area contributed by atoms with E-state index in [0.717, 1.165) is 28.7 Å². The maximum Gasteiger partial charge on any atom is 0.408 e. The molecule has 0 saturated heterocycles. The second-order valence-corrected chi connectivity index (χ2v) is 11.5. The van der Waals surface area contributed by atoms with Gasteiger partial charge < -0.3 is 25.2 Å². The third-order valence-electron chi connectivity index (χ3n) is 8.32. The Kier molecular flexibility index (Phi) is 6.16. The second kappa shape index (κ2) is 9.08. The first-order valence-electron chi connectivity index (χ1n) is 12.9. The van der Waals surface area contributed by atoms with Crippen LogP contribution in [0.2, 0.25) is 0 Å². The van der Waals surface area contributed by atoms with E-state index in [2.05, 4.69) is 34.9 Å². The first-order chi connectivity index (χ1) is 17.5. The zero-order chi connectivity index (χ0) is 26.4. The smallest absolute Gasteiger partial charge is 0.408 e. The van der Waals surface area contributed by atoms with Gasteiger partial charge in [0.15, 0.2) is 0 Å². The number of benzene rings is 2. The van der Waals surface area contributed by atoms with E-state index in [4.69, 9.17) is 9.47 Å². The molecule has 5 rings (SSSR count). The monoisotopic (exact) mass is 506 g/mol. The number of alkyl carbamates (subject to hydrolysis) is 2. The van der Waals surface area contributed by atoms with Crippen LogP contribution < -0.4 is 10.6 Å². The highest BCUT2D eigenvalue weighted by atomic mass is 16.6. The summed E-state index contributed by atoms with van der Waals surface area (Å²) in [5.41, 5.74) is 2.09. The van der Waals surface area contributed by atoms with Gasteiger partial charge in [-0.25, -0.2) is 14.4 Å². The Bertz CT molecular complexity index is 1190. The molecule has 3 aliphatic carbocycles. The second-order valence-electron chi connectivity index (χ2n) is 11.5. The summed E-state index contributed by atoms with van der Waals surface area (Å²) < 4.78 is 11.0. The topological polar surface area (TPSA) is 114 Å². The third kappa shape index (κ3) is 4.43. The summed E-state index contributed by atoms with van der Waals surface area (Å²) in [5.74, 6) is -1.39. The van der Waals surface area contributed by atoms with Crippen LogP contribution in [0.3, 0.4) is 0 Å². The van der Waals surface area contributed by atoms with E-state index < -0.39 is 29.3 Å². The summed E-state index contributed by atoms with van der Waals surface area (Å²) in [6, 6.07) is 16.3. The molecular formula is C29H34N2O6. The van der Waals surface area contributed by atoms with Gasteiger partial charge in [-0.2, -0.15) is 0 Å². The predicted molar refractivity (Wildman–Crippen MR) is 137 cm³/mol. The van der Waals surface area contributed by atoms with Crippen LogP contribution in [0.5, 0.6) is 0 Å². The summed E-state index contributed by atoms with van der Waals surface area (Å²) in [5, 5.41) is 15.7. The molecular weight excluding hydrogens is 472 g/mol. The minimum atomic E-state index is -1.40. The van der Waals surface area contributed by atoms with Gasteiger partial charge in [0.05, 0.1) is 0 Å². The standard InChI is InChI=1S/C29H34N2O6/c1-27(2,3)37-26(35)31-29(24(32)33)15-14-28(13-12-23(28)29)17-30-25(34)36-16-22-20-10-6-4-8-18(20)19-9-5-7-11-21(19)22/h4-11,22-23H,12-17H2,1-3H3,(H,30,34)(H,31,35)(H,32,33)/t23-,28-,29?/m1/s1. The van der Waals surface area contributed by atoms with Crippen LogP contribution in [0.15, 0.2) is 48.5 Å². The highest BCUT2D eigenvalue weighted by molar-refractivity contribution is 5.86. The number of nitrogens with one attached hydrogen (secondary N) is 2. The van der Waals surface area contributed by atoms with Crippen LogP contribution >= 0.6 is 0 Å². The van der Waals surface area contributed by atoms with Gasteiger partial charge in [0, 0.05) is 18.4 Å². The number of hydrogen-bond donors (Lipinski definition) is 3. The number of carboxylic acid groups (broad SMARTS) is 1. The van der Waals surface area contributed by atoms with Crippen molar-refractivity contribution >= 4 is 18.2 Å². The Hall–Kier alpha value is -3.55. The number of fused-ring (bicyclic) bond motifs is 4. The van der Waals surface area contributed by atoms with Crippen LogP contribution in [0.25, 0.3) is 11.1 Å². The van der Waals surface area contributed by atoms with Gasteiger partial charge in [0.2, 0.25) is 0 Å². The number of hydrogen-bond acceptors (Lipinski definition) is 5. The van der Waals surface area contributed by atoms with Crippen LogP contribution in [-0.4, -0.2) is 47.6 Å². The van der Waals surface area contributed by atoms with Crippen LogP contribution in [0.1, 0.15) is 63.5 Å². The lowest BCUT2D eigenvalue weighted by Gasteiger charge is -2.49. The number of amides is 2. The number of aliphatic carboxylic acids is 1. The third-order valence-corrected chi connectivity index (χ3v) is 8.32. The van der Waals surface area contributed by atoms with Crippen molar-refractivity contribution in [1.29, 1.82) is 0 Å². The molecule has 3 atom stereocenters. The van der Waals surface area contributed by atoms with E-state index in [1.54, 1.807) is 20.8 Å². The quantitative estimate of drug-likeness (QED) is 0.504. The van der Waals surface area contributed by atoms with Crippen molar-refractivity contribution in [2.45, 2.75) is 63.5 Å². The Morgan fingerprint density at radius 2 is 1.57 bits per heavy atom. The summed E-state index contributed by atoms with van der Waals surface area (Å²) in [7, 11) is 0. The van der Waals surface area contributed by atoms with Gasteiger partial charge in [-0.3, -0.25) is 0 Å². The van der Waals surface area contributed by atoms with Crippen molar-refractivity contribution in [3.8, 4) is 11.1 Å². The molecule has 2 fully saturated rings. The van der Waals surface area contributed by atoms with E-state index >= 15 is 0 Å². The fraction of sp³-hybridized carbons (Fsp3) is 0.483. The summed E-state index contributed by atoms with van der Waals surface area (Å²) in [6.07, 6.45) is 1.07. The average molecular weight is 507 g/mol. The normalized spacial score (nSPS) is 25.8. The molecule has 0 aromatic heterocycles. The highest BCUT2D eigenvalue weighted by Crippen LogP contribution is 2.61. The van der Waals surface area contributed by atoms with Crippen LogP contribution in [-0.2, 0) is 14.3 Å². The molecule has 0 bridgehead atoms. The minimum Gasteiger partial charge on any atom is -0.479 e. The molecule has 37 heavy (non-hydrogen) atoms. The zero-order valence-electron chi connectivity index (χ0n) is 21.5. The maximum absolute atomic E-state index is 12.7. The average Bonchev–Trinajstić information content (AvgIpc) is 3.25. The van der Waals surface area contributed by atoms with Gasteiger partial charge in [-0.05, 0) is 74.1 Å². The molecule has 8 heteroatoms. The number of rotatable bonds is 6. The van der Waals surface area contributed by atoms with Crippen molar-refractivity contribution in [2.75, 3.05) is 13.2 Å². The van der Waals surface area contributed by atoms with E-state index in [1.165, 1.54) is 0 Å². The molecule has 0 spiro atoms. The highest BCUT2D eigenvalue weighted by Gasteiger charge is 2.66. The number of ether oxygens (including phenoxy) is 2. The van der Waals surface area contributed by atoms with Crippen molar-refractivity contribution < 1.29 is 29.0 Å². The van der Waals surface area contributed by atoms with Crippen molar-refractivity contribution in [3.63, 3.8) is 0 Å². The Labute approximate surface area is 216 Å². The van der Waals surface area contributed by atoms with Gasteiger partial charge in [0.25, 0.3) is 0 Å². The molecule has 1 unspecified atom stereocenters. The lowest BCUT2D eigenvalue weighted by molar-refractivity contribution is -0.150. The molecule has 0 heterocycles. The van der Waals surface area contributed by atoms with E-state index in [0.29, 0.717) is 25.8 Å². The minimum absolute atomic E-state index is 0.0306. The van der Waals surface area contributed by atoms with Crippen LogP contribution in [0, 0.1) is 11.3 Å². The Balaban J connectivity index is 1.21. The zero-order valence-corrected chi connectivity index (χ0v) is 21.5. The first-order valence-corrected chi connectivity index (χ1v) is 12.9. The lowest BCUT2D eigenvalue weighted by atomic mass is 9.58. The lowest BCUT2D eigenvalue weighted by Crippen LogP contribution is -2.63. The summed E-state index contributed by atoms with van der Waals surface area (Å²) in [4.78, 5) is 37.6. The molecule has 196 valence electrons. The molecule has 0 aliphatic heterocycles. The molecule has 2 saturated carbocycles. The largest absolute Gasteiger partial charge is 0.479 e. The summed E-state index contributed by atoms with van der Waals surface area (Å²) >= 11 is 0. The van der Waals surface area contributed by atoms with E-state index in [1.807, 2.05) is 24.3 Å². The molecule has 0 radical (unpaired) electrons.